The van der Waals surface area contributed by atoms with Crippen molar-refractivity contribution in [1.82, 2.24) is 5.32 Å². The summed E-state index contributed by atoms with van der Waals surface area (Å²) in [6.07, 6.45) is -3.59. The molecule has 0 spiro atoms. The molecule has 0 unspecified atom stereocenters. The summed E-state index contributed by atoms with van der Waals surface area (Å²) >= 11 is 0. The topological polar surface area (TPSA) is 86.3 Å². The maximum Gasteiger partial charge on any atom is 0.217 e. The van der Waals surface area contributed by atoms with Gasteiger partial charge in [0.05, 0.1) is 13.2 Å². The van der Waals surface area contributed by atoms with Crippen molar-refractivity contribution in [2.24, 2.45) is 0 Å². The molecule has 6 atom stereocenters. The number of carbonyl (C=O) groups is 1. The summed E-state index contributed by atoms with van der Waals surface area (Å²) < 4.78 is 23.8. The van der Waals surface area contributed by atoms with E-state index in [9.17, 15) is 9.90 Å². The third-order valence-electron chi connectivity index (χ3n) is 5.06. The number of fused-ring (bicyclic) bond motifs is 1. The SMILES string of the molecule is CC(=O)N[C@@H]1[C@H](OCc2ccccc2)O[C@@H]2CO[C@H](c3ccccc3)O[C@H]2[C@@H]1O. The van der Waals surface area contributed by atoms with Crippen LogP contribution in [0.4, 0.5) is 0 Å². The molecule has 2 aromatic rings. The fraction of sp³-hybridized carbons (Fsp3) is 0.409. The van der Waals surface area contributed by atoms with E-state index in [1.165, 1.54) is 6.92 Å². The molecule has 2 fully saturated rings. The lowest BCUT2D eigenvalue weighted by atomic mass is 9.95. The Morgan fingerprint density at radius 3 is 2.48 bits per heavy atom. The Kier molecular flexibility index (Phi) is 6.22. The van der Waals surface area contributed by atoms with Crippen LogP contribution in [0.25, 0.3) is 0 Å². The number of rotatable bonds is 5. The van der Waals surface area contributed by atoms with Gasteiger partial charge in [0, 0.05) is 12.5 Å². The molecule has 0 radical (unpaired) electrons. The Labute approximate surface area is 169 Å². The second kappa shape index (κ2) is 9.02. The Morgan fingerprint density at radius 2 is 1.79 bits per heavy atom. The van der Waals surface area contributed by atoms with Gasteiger partial charge in [0.15, 0.2) is 12.6 Å². The molecule has 2 aromatic carbocycles. The summed E-state index contributed by atoms with van der Waals surface area (Å²) in [6, 6.07) is 18.4. The summed E-state index contributed by atoms with van der Waals surface area (Å²) in [6.45, 7) is 1.93. The molecule has 154 valence electrons. The van der Waals surface area contributed by atoms with Crippen molar-refractivity contribution in [1.29, 1.82) is 0 Å². The van der Waals surface area contributed by atoms with Crippen LogP contribution in [0.2, 0.25) is 0 Å². The van der Waals surface area contributed by atoms with Crippen LogP contribution in [-0.4, -0.2) is 48.3 Å². The maximum atomic E-state index is 11.7. The third kappa shape index (κ3) is 4.66. The van der Waals surface area contributed by atoms with Gasteiger partial charge in [-0.25, -0.2) is 0 Å². The number of hydrogen-bond acceptors (Lipinski definition) is 6. The molecule has 0 saturated carbocycles. The zero-order valence-corrected chi connectivity index (χ0v) is 16.1. The van der Waals surface area contributed by atoms with E-state index in [4.69, 9.17) is 18.9 Å². The van der Waals surface area contributed by atoms with Crippen LogP contribution >= 0.6 is 0 Å². The highest BCUT2D eigenvalue weighted by Crippen LogP contribution is 2.34. The maximum absolute atomic E-state index is 11.7. The van der Waals surface area contributed by atoms with Crippen molar-refractivity contribution in [2.45, 2.75) is 50.5 Å². The van der Waals surface area contributed by atoms with Crippen molar-refractivity contribution >= 4 is 5.91 Å². The Hall–Kier alpha value is -2.29. The van der Waals surface area contributed by atoms with Crippen molar-refractivity contribution in [3.8, 4) is 0 Å². The zero-order chi connectivity index (χ0) is 20.2. The fourth-order valence-electron chi connectivity index (χ4n) is 3.65. The monoisotopic (exact) mass is 399 g/mol. The summed E-state index contributed by atoms with van der Waals surface area (Å²) in [5.74, 6) is -0.281. The van der Waals surface area contributed by atoms with Crippen LogP contribution in [0.3, 0.4) is 0 Å². The lowest BCUT2D eigenvalue weighted by Gasteiger charge is -2.47. The minimum absolute atomic E-state index is 0.249. The number of carbonyl (C=O) groups excluding carboxylic acids is 1. The first-order valence-corrected chi connectivity index (χ1v) is 9.70. The largest absolute Gasteiger partial charge is 0.388 e. The minimum Gasteiger partial charge on any atom is -0.388 e. The number of hydrogen-bond donors (Lipinski definition) is 2. The summed E-state index contributed by atoms with van der Waals surface area (Å²) in [7, 11) is 0. The van der Waals surface area contributed by atoms with E-state index < -0.39 is 36.9 Å². The highest BCUT2D eigenvalue weighted by Gasteiger charge is 2.50. The average molecular weight is 399 g/mol. The van der Waals surface area contributed by atoms with Gasteiger partial charge in [0.2, 0.25) is 5.91 Å². The minimum atomic E-state index is -1.01. The van der Waals surface area contributed by atoms with E-state index >= 15 is 0 Å². The molecule has 2 saturated heterocycles. The van der Waals surface area contributed by atoms with Gasteiger partial charge in [-0.05, 0) is 5.56 Å². The second-order valence-electron chi connectivity index (χ2n) is 7.23. The molecule has 0 bridgehead atoms. The van der Waals surface area contributed by atoms with E-state index in [1.54, 1.807) is 0 Å². The first-order valence-electron chi connectivity index (χ1n) is 9.70. The number of ether oxygens (including phenoxy) is 4. The lowest BCUT2D eigenvalue weighted by molar-refractivity contribution is -0.345. The molecule has 2 heterocycles. The van der Waals surface area contributed by atoms with Gasteiger partial charge in [-0.2, -0.15) is 0 Å². The molecule has 7 heteroatoms. The Balaban J connectivity index is 1.48. The quantitative estimate of drug-likeness (QED) is 0.799. The molecule has 29 heavy (non-hydrogen) atoms. The third-order valence-corrected chi connectivity index (χ3v) is 5.06. The molecule has 4 rings (SSSR count). The van der Waals surface area contributed by atoms with Crippen LogP contribution in [0.15, 0.2) is 60.7 Å². The lowest BCUT2D eigenvalue weighted by Crippen LogP contribution is -2.66. The van der Waals surface area contributed by atoms with Crippen LogP contribution in [-0.2, 0) is 30.3 Å². The van der Waals surface area contributed by atoms with Crippen LogP contribution in [0.5, 0.6) is 0 Å². The normalized spacial score (nSPS) is 31.7. The van der Waals surface area contributed by atoms with Gasteiger partial charge in [0.25, 0.3) is 0 Å². The molecule has 2 aliphatic heterocycles. The van der Waals surface area contributed by atoms with Crippen LogP contribution in [0.1, 0.15) is 24.3 Å². The molecule has 2 aliphatic rings. The molecule has 0 aliphatic carbocycles. The van der Waals surface area contributed by atoms with E-state index in [2.05, 4.69) is 5.32 Å². The standard InChI is InChI=1S/C22H25NO6/c1-14(24)23-18-19(25)20-17(13-27-21(29-20)16-10-6-3-7-11-16)28-22(18)26-12-15-8-4-2-5-9-15/h2-11,17-22,25H,12-13H2,1H3,(H,23,24)/t17-,18+,19-,20-,21+,22-/m1/s1. The second-order valence-corrected chi connectivity index (χ2v) is 7.23. The van der Waals surface area contributed by atoms with Crippen LogP contribution < -0.4 is 5.32 Å². The highest BCUT2D eigenvalue weighted by molar-refractivity contribution is 5.73. The Bertz CT molecular complexity index is 801. The van der Waals surface area contributed by atoms with Crippen molar-refractivity contribution in [3.63, 3.8) is 0 Å². The zero-order valence-electron chi connectivity index (χ0n) is 16.1. The summed E-state index contributed by atoms with van der Waals surface area (Å²) in [5.41, 5.74) is 1.83. The van der Waals surface area contributed by atoms with Crippen molar-refractivity contribution < 1.29 is 28.8 Å². The van der Waals surface area contributed by atoms with E-state index in [1.807, 2.05) is 60.7 Å². The average Bonchev–Trinajstić information content (AvgIpc) is 2.75. The van der Waals surface area contributed by atoms with Gasteiger partial charge < -0.3 is 29.4 Å². The molecular formula is C22H25NO6. The first kappa shape index (κ1) is 20.0. The number of benzene rings is 2. The van der Waals surface area contributed by atoms with Gasteiger partial charge in [0.1, 0.15) is 24.4 Å². The summed E-state index contributed by atoms with van der Waals surface area (Å²) in [4.78, 5) is 11.7. The van der Waals surface area contributed by atoms with E-state index in [0.717, 1.165) is 11.1 Å². The predicted octanol–water partition coefficient (Wildman–Crippen LogP) is 1.91. The molecule has 0 aromatic heterocycles. The number of aliphatic hydroxyl groups is 1. The fourth-order valence-corrected chi connectivity index (χ4v) is 3.65. The van der Waals surface area contributed by atoms with E-state index in [-0.39, 0.29) is 12.5 Å². The van der Waals surface area contributed by atoms with Crippen LogP contribution in [0, 0.1) is 0 Å². The molecule has 2 N–H and O–H groups in total. The number of nitrogens with one attached hydrogen (secondary N) is 1. The van der Waals surface area contributed by atoms with Crippen molar-refractivity contribution in [3.05, 3.63) is 71.8 Å². The van der Waals surface area contributed by atoms with Gasteiger partial charge in [-0.1, -0.05) is 60.7 Å². The molecule has 7 nitrogen and oxygen atoms in total. The number of amides is 1. The highest BCUT2D eigenvalue weighted by atomic mass is 16.7. The molecule has 1 amide bonds. The van der Waals surface area contributed by atoms with Crippen molar-refractivity contribution in [2.75, 3.05) is 6.61 Å². The Morgan fingerprint density at radius 1 is 1.10 bits per heavy atom. The van der Waals surface area contributed by atoms with E-state index in [0.29, 0.717) is 6.61 Å². The van der Waals surface area contributed by atoms with Gasteiger partial charge in [-0.15, -0.1) is 0 Å². The smallest absolute Gasteiger partial charge is 0.217 e. The van der Waals surface area contributed by atoms with Gasteiger partial charge in [-0.3, -0.25) is 4.79 Å². The predicted molar refractivity (Wildman–Crippen MR) is 104 cm³/mol. The van der Waals surface area contributed by atoms with Gasteiger partial charge >= 0.3 is 0 Å². The molecular weight excluding hydrogens is 374 g/mol. The first-order chi connectivity index (χ1) is 14.1. The summed E-state index contributed by atoms with van der Waals surface area (Å²) in [5, 5.41) is 13.7. The number of aliphatic hydroxyl groups excluding tert-OH is 1.